The maximum Gasteiger partial charge on any atom is 0.143 e. The molecule has 90 valence electrons. The Morgan fingerprint density at radius 3 is 2.56 bits per heavy atom. The molecule has 0 radical (unpaired) electrons. The molecule has 0 atom stereocenters. The minimum atomic E-state index is 0.485. The highest BCUT2D eigenvalue weighted by Gasteiger charge is 2.12. The van der Waals surface area contributed by atoms with Crippen molar-refractivity contribution >= 4 is 28.4 Å². The standard InChI is InChI=1S/C12H20IN3/c1-4-7-14-12-10(13)8-15-11(16-12)9(5-2)6-3/h8-9H,4-7H2,1-3H3,(H,14,15,16). The third kappa shape index (κ3) is 3.57. The third-order valence-electron chi connectivity index (χ3n) is 2.66. The number of nitrogens with one attached hydrogen (secondary N) is 1. The highest BCUT2D eigenvalue weighted by molar-refractivity contribution is 14.1. The zero-order valence-corrected chi connectivity index (χ0v) is 12.4. The second-order valence-corrected chi connectivity index (χ2v) is 5.03. The van der Waals surface area contributed by atoms with Crippen molar-refractivity contribution in [3.8, 4) is 0 Å². The molecule has 4 heteroatoms. The monoisotopic (exact) mass is 333 g/mol. The molecule has 0 spiro atoms. The molecule has 0 bridgehead atoms. The lowest BCUT2D eigenvalue weighted by atomic mass is 10.0. The molecule has 0 fully saturated rings. The first-order valence-electron chi connectivity index (χ1n) is 5.99. The van der Waals surface area contributed by atoms with Crippen LogP contribution in [0.5, 0.6) is 0 Å². The summed E-state index contributed by atoms with van der Waals surface area (Å²) < 4.78 is 1.10. The Balaban J connectivity index is 2.87. The van der Waals surface area contributed by atoms with Gasteiger partial charge >= 0.3 is 0 Å². The van der Waals surface area contributed by atoms with Crippen LogP contribution in [0.15, 0.2) is 6.20 Å². The Labute approximate surface area is 112 Å². The predicted octanol–water partition coefficient (Wildman–Crippen LogP) is 3.81. The zero-order chi connectivity index (χ0) is 12.0. The van der Waals surface area contributed by atoms with Crippen LogP contribution in [0.2, 0.25) is 0 Å². The van der Waals surface area contributed by atoms with Gasteiger partial charge in [0.15, 0.2) is 0 Å². The molecule has 3 nitrogen and oxygen atoms in total. The van der Waals surface area contributed by atoms with E-state index in [-0.39, 0.29) is 0 Å². The fraction of sp³-hybridized carbons (Fsp3) is 0.667. The molecule has 1 heterocycles. The Kier molecular flexibility index (Phi) is 6.01. The summed E-state index contributed by atoms with van der Waals surface area (Å²) in [7, 11) is 0. The van der Waals surface area contributed by atoms with Crippen molar-refractivity contribution in [2.75, 3.05) is 11.9 Å². The molecule has 0 aliphatic rings. The largest absolute Gasteiger partial charge is 0.369 e. The number of hydrogen-bond acceptors (Lipinski definition) is 3. The van der Waals surface area contributed by atoms with Gasteiger partial charge in [-0.1, -0.05) is 20.8 Å². The van der Waals surface area contributed by atoms with Gasteiger partial charge in [0.1, 0.15) is 11.6 Å². The second kappa shape index (κ2) is 7.04. The molecule has 0 amide bonds. The predicted molar refractivity (Wildman–Crippen MR) is 76.9 cm³/mol. The Hall–Kier alpha value is -0.390. The summed E-state index contributed by atoms with van der Waals surface area (Å²) in [4.78, 5) is 9.05. The normalized spacial score (nSPS) is 10.8. The topological polar surface area (TPSA) is 37.8 Å². The molecule has 0 aromatic carbocycles. The highest BCUT2D eigenvalue weighted by Crippen LogP contribution is 2.22. The molecule has 1 N–H and O–H groups in total. The van der Waals surface area contributed by atoms with E-state index in [4.69, 9.17) is 0 Å². The average molecular weight is 333 g/mol. The van der Waals surface area contributed by atoms with E-state index in [9.17, 15) is 0 Å². The Morgan fingerprint density at radius 2 is 2.00 bits per heavy atom. The van der Waals surface area contributed by atoms with Crippen LogP contribution in [0.3, 0.4) is 0 Å². The molecule has 0 saturated heterocycles. The van der Waals surface area contributed by atoms with E-state index in [2.05, 4.69) is 58.6 Å². The van der Waals surface area contributed by atoms with Gasteiger partial charge in [0.25, 0.3) is 0 Å². The van der Waals surface area contributed by atoms with Crippen molar-refractivity contribution in [3.63, 3.8) is 0 Å². The minimum Gasteiger partial charge on any atom is -0.369 e. The highest BCUT2D eigenvalue weighted by atomic mass is 127. The molecule has 0 aliphatic heterocycles. The number of hydrogen-bond donors (Lipinski definition) is 1. The maximum atomic E-state index is 4.62. The van der Waals surface area contributed by atoms with Gasteiger partial charge in [-0.25, -0.2) is 9.97 Å². The second-order valence-electron chi connectivity index (χ2n) is 3.86. The van der Waals surface area contributed by atoms with Crippen LogP contribution in [-0.4, -0.2) is 16.5 Å². The van der Waals surface area contributed by atoms with Crippen LogP contribution in [0.4, 0.5) is 5.82 Å². The molecule has 0 unspecified atom stereocenters. The van der Waals surface area contributed by atoms with Crippen LogP contribution in [0.1, 0.15) is 51.8 Å². The van der Waals surface area contributed by atoms with Crippen molar-refractivity contribution in [1.82, 2.24) is 9.97 Å². The Morgan fingerprint density at radius 1 is 1.31 bits per heavy atom. The number of anilines is 1. The van der Waals surface area contributed by atoms with Gasteiger partial charge in [0, 0.05) is 18.7 Å². The number of nitrogens with zero attached hydrogens (tertiary/aromatic N) is 2. The lowest BCUT2D eigenvalue weighted by Gasteiger charge is -2.13. The van der Waals surface area contributed by atoms with Gasteiger partial charge in [-0.2, -0.15) is 0 Å². The summed E-state index contributed by atoms with van der Waals surface area (Å²) >= 11 is 2.28. The fourth-order valence-corrected chi connectivity index (χ4v) is 2.05. The summed E-state index contributed by atoms with van der Waals surface area (Å²) in [6.45, 7) is 7.50. The number of rotatable bonds is 6. The summed E-state index contributed by atoms with van der Waals surface area (Å²) in [6.07, 6.45) is 5.23. The molecule has 0 saturated carbocycles. The van der Waals surface area contributed by atoms with Crippen molar-refractivity contribution in [2.45, 2.75) is 46.0 Å². The molecule has 1 rings (SSSR count). The van der Waals surface area contributed by atoms with E-state index in [0.29, 0.717) is 5.92 Å². The van der Waals surface area contributed by atoms with Gasteiger partial charge in [-0.3, -0.25) is 0 Å². The molecule has 16 heavy (non-hydrogen) atoms. The van der Waals surface area contributed by atoms with E-state index in [0.717, 1.165) is 41.0 Å². The third-order valence-corrected chi connectivity index (χ3v) is 3.45. The van der Waals surface area contributed by atoms with Crippen LogP contribution in [-0.2, 0) is 0 Å². The minimum absolute atomic E-state index is 0.485. The van der Waals surface area contributed by atoms with Crippen LogP contribution in [0, 0.1) is 3.57 Å². The van der Waals surface area contributed by atoms with Gasteiger partial charge < -0.3 is 5.32 Å². The molecular weight excluding hydrogens is 313 g/mol. The lowest BCUT2D eigenvalue weighted by Crippen LogP contribution is -2.09. The van der Waals surface area contributed by atoms with Gasteiger partial charge in [0.05, 0.1) is 3.57 Å². The van der Waals surface area contributed by atoms with Gasteiger partial charge in [-0.15, -0.1) is 0 Å². The first-order chi connectivity index (χ1) is 7.72. The molecule has 1 aromatic heterocycles. The lowest BCUT2D eigenvalue weighted by molar-refractivity contribution is 0.601. The van der Waals surface area contributed by atoms with E-state index in [1.165, 1.54) is 0 Å². The van der Waals surface area contributed by atoms with E-state index >= 15 is 0 Å². The van der Waals surface area contributed by atoms with Gasteiger partial charge in [0.2, 0.25) is 0 Å². The maximum absolute atomic E-state index is 4.62. The van der Waals surface area contributed by atoms with Crippen molar-refractivity contribution in [3.05, 3.63) is 15.6 Å². The average Bonchev–Trinajstić information content (AvgIpc) is 2.31. The summed E-state index contributed by atoms with van der Waals surface area (Å²) in [6, 6.07) is 0. The summed E-state index contributed by atoms with van der Waals surface area (Å²) in [5, 5.41) is 3.35. The van der Waals surface area contributed by atoms with E-state index in [1.54, 1.807) is 0 Å². The van der Waals surface area contributed by atoms with E-state index < -0.39 is 0 Å². The SMILES string of the molecule is CCCNc1nc(C(CC)CC)ncc1I. The van der Waals surface area contributed by atoms with Crippen molar-refractivity contribution < 1.29 is 0 Å². The molecule has 0 aliphatic carbocycles. The number of aromatic nitrogens is 2. The summed E-state index contributed by atoms with van der Waals surface area (Å²) in [5.41, 5.74) is 0. The summed E-state index contributed by atoms with van der Waals surface area (Å²) in [5.74, 6) is 2.45. The zero-order valence-electron chi connectivity index (χ0n) is 10.3. The van der Waals surface area contributed by atoms with Crippen LogP contribution in [0.25, 0.3) is 0 Å². The van der Waals surface area contributed by atoms with Crippen LogP contribution >= 0.6 is 22.6 Å². The molecular formula is C12H20IN3. The first-order valence-corrected chi connectivity index (χ1v) is 7.07. The van der Waals surface area contributed by atoms with E-state index in [1.807, 2.05) is 6.20 Å². The first kappa shape index (κ1) is 13.7. The van der Waals surface area contributed by atoms with Crippen molar-refractivity contribution in [1.29, 1.82) is 0 Å². The van der Waals surface area contributed by atoms with Gasteiger partial charge in [-0.05, 0) is 41.9 Å². The molecule has 1 aromatic rings. The Bertz CT molecular complexity index is 324. The smallest absolute Gasteiger partial charge is 0.143 e. The quantitative estimate of drug-likeness (QED) is 0.805. The number of halogens is 1. The van der Waals surface area contributed by atoms with Crippen LogP contribution < -0.4 is 5.32 Å². The van der Waals surface area contributed by atoms with Crippen molar-refractivity contribution in [2.24, 2.45) is 0 Å². The fourth-order valence-electron chi connectivity index (χ4n) is 1.60.